The molecule has 2 rings (SSSR count). The second-order valence-corrected chi connectivity index (χ2v) is 4.66. The summed E-state index contributed by atoms with van der Waals surface area (Å²) in [5.41, 5.74) is 0. The number of carboxylic acids is 1. The Balaban J connectivity index is 2.09. The number of carbonyl (C=O) groups excluding carboxylic acids is 1. The second kappa shape index (κ2) is 6.22. The summed E-state index contributed by atoms with van der Waals surface area (Å²) in [6.45, 7) is 0.389. The molecule has 0 saturated heterocycles. The van der Waals surface area contributed by atoms with Crippen LogP contribution in [0.15, 0.2) is 35.0 Å². The zero-order valence-corrected chi connectivity index (χ0v) is 10.6. The number of nitrogens with zero attached hydrogens (tertiary/aromatic N) is 1. The molecular weight excluding hydrogens is 246 g/mol. The van der Waals surface area contributed by atoms with Gasteiger partial charge < -0.3 is 14.4 Å². The summed E-state index contributed by atoms with van der Waals surface area (Å²) < 4.78 is 5.27. The van der Waals surface area contributed by atoms with Gasteiger partial charge in [0.2, 0.25) is 5.91 Å². The Morgan fingerprint density at radius 2 is 2.11 bits per heavy atom. The van der Waals surface area contributed by atoms with Gasteiger partial charge in [-0.05, 0) is 25.0 Å². The molecule has 1 aromatic rings. The van der Waals surface area contributed by atoms with E-state index in [1.54, 1.807) is 17.2 Å². The van der Waals surface area contributed by atoms with E-state index < -0.39 is 5.97 Å². The third-order valence-corrected chi connectivity index (χ3v) is 3.32. The van der Waals surface area contributed by atoms with Crippen LogP contribution >= 0.6 is 0 Å². The number of carbonyl (C=O) groups is 2. The lowest BCUT2D eigenvalue weighted by atomic mass is 10.2. The Hall–Kier alpha value is -2.04. The molecule has 0 atom stereocenters. The highest BCUT2D eigenvalue weighted by molar-refractivity contribution is 5.94. The quantitative estimate of drug-likeness (QED) is 0.827. The van der Waals surface area contributed by atoms with Gasteiger partial charge in [0.1, 0.15) is 5.76 Å². The third kappa shape index (κ3) is 3.71. The smallest absolute Gasteiger partial charge is 0.328 e. The molecule has 1 N–H and O–H groups in total. The molecule has 1 saturated carbocycles. The zero-order chi connectivity index (χ0) is 13.7. The lowest BCUT2D eigenvalue weighted by Crippen LogP contribution is -2.37. The fraction of sp³-hybridized carbons (Fsp3) is 0.429. The van der Waals surface area contributed by atoms with Crippen LogP contribution in [0.5, 0.6) is 0 Å². The summed E-state index contributed by atoms with van der Waals surface area (Å²) >= 11 is 0. The number of hydrogen-bond acceptors (Lipinski definition) is 3. The lowest BCUT2D eigenvalue weighted by Gasteiger charge is -2.27. The molecule has 1 aliphatic rings. The monoisotopic (exact) mass is 263 g/mol. The zero-order valence-electron chi connectivity index (χ0n) is 10.6. The molecule has 1 fully saturated rings. The topological polar surface area (TPSA) is 70.8 Å². The molecule has 1 amide bonds. The SMILES string of the molecule is O=C(O)/C=C/C(=O)N(Cc1ccco1)C1CCCC1. The van der Waals surface area contributed by atoms with Gasteiger partial charge in [0.25, 0.3) is 0 Å². The van der Waals surface area contributed by atoms with E-state index in [9.17, 15) is 9.59 Å². The van der Waals surface area contributed by atoms with E-state index in [2.05, 4.69) is 0 Å². The van der Waals surface area contributed by atoms with E-state index >= 15 is 0 Å². The number of amides is 1. The van der Waals surface area contributed by atoms with Gasteiger partial charge >= 0.3 is 5.97 Å². The van der Waals surface area contributed by atoms with Crippen LogP contribution in [-0.2, 0) is 16.1 Å². The second-order valence-electron chi connectivity index (χ2n) is 4.66. The summed E-state index contributed by atoms with van der Waals surface area (Å²) in [7, 11) is 0. The maximum atomic E-state index is 12.1. The van der Waals surface area contributed by atoms with Gasteiger partial charge in [-0.3, -0.25) is 4.79 Å². The average molecular weight is 263 g/mol. The van der Waals surface area contributed by atoms with Gasteiger partial charge in [0, 0.05) is 18.2 Å². The molecule has 0 bridgehead atoms. The summed E-state index contributed by atoms with van der Waals surface area (Å²) in [4.78, 5) is 24.3. The van der Waals surface area contributed by atoms with Crippen molar-refractivity contribution in [2.24, 2.45) is 0 Å². The van der Waals surface area contributed by atoms with E-state index in [4.69, 9.17) is 9.52 Å². The van der Waals surface area contributed by atoms with E-state index in [1.807, 2.05) is 6.07 Å². The molecule has 0 aliphatic heterocycles. The number of carboxylic acid groups (broad SMARTS) is 1. The first-order valence-electron chi connectivity index (χ1n) is 6.41. The molecular formula is C14H17NO4. The maximum Gasteiger partial charge on any atom is 0.328 e. The van der Waals surface area contributed by atoms with Gasteiger partial charge in [0.05, 0.1) is 12.8 Å². The van der Waals surface area contributed by atoms with Gasteiger partial charge in [-0.1, -0.05) is 12.8 Å². The van der Waals surface area contributed by atoms with Crippen molar-refractivity contribution in [1.82, 2.24) is 4.90 Å². The molecule has 19 heavy (non-hydrogen) atoms. The summed E-state index contributed by atoms with van der Waals surface area (Å²) in [6.07, 6.45) is 7.71. The van der Waals surface area contributed by atoms with Gasteiger partial charge in [-0.2, -0.15) is 0 Å². The predicted molar refractivity (Wildman–Crippen MR) is 68.3 cm³/mol. The van der Waals surface area contributed by atoms with E-state index in [1.165, 1.54) is 0 Å². The number of hydrogen-bond donors (Lipinski definition) is 1. The Labute approximate surface area is 111 Å². The van der Waals surface area contributed by atoms with E-state index in [-0.39, 0.29) is 11.9 Å². The fourth-order valence-corrected chi connectivity index (χ4v) is 2.41. The Kier molecular flexibility index (Phi) is 4.39. The predicted octanol–water partition coefficient (Wildman–Crippen LogP) is 2.19. The maximum absolute atomic E-state index is 12.1. The Morgan fingerprint density at radius 3 is 2.68 bits per heavy atom. The standard InChI is InChI=1S/C14H17NO4/c16-13(7-8-14(17)18)15(11-4-1-2-5-11)10-12-6-3-9-19-12/h3,6-9,11H,1-2,4-5,10H2,(H,17,18)/b8-7+. The normalized spacial score (nSPS) is 16.0. The van der Waals surface area contributed by atoms with E-state index in [0.29, 0.717) is 12.3 Å². The molecule has 1 aliphatic carbocycles. The van der Waals surface area contributed by atoms with Crippen LogP contribution < -0.4 is 0 Å². The molecule has 1 aromatic heterocycles. The molecule has 102 valence electrons. The van der Waals surface area contributed by atoms with Crippen LogP contribution in [0, 0.1) is 0 Å². The first kappa shape index (κ1) is 13.4. The molecule has 0 aromatic carbocycles. The Bertz CT molecular complexity index is 458. The number of aliphatic carboxylic acids is 1. The van der Waals surface area contributed by atoms with Crippen LogP contribution in [0.2, 0.25) is 0 Å². The summed E-state index contributed by atoms with van der Waals surface area (Å²) in [5, 5.41) is 8.59. The van der Waals surface area contributed by atoms with E-state index in [0.717, 1.165) is 37.8 Å². The highest BCUT2D eigenvalue weighted by Crippen LogP contribution is 2.25. The molecule has 5 nitrogen and oxygen atoms in total. The fourth-order valence-electron chi connectivity index (χ4n) is 2.41. The van der Waals surface area contributed by atoms with Crippen molar-refractivity contribution in [3.05, 3.63) is 36.3 Å². The van der Waals surface area contributed by atoms with Crippen molar-refractivity contribution < 1.29 is 19.1 Å². The van der Waals surface area contributed by atoms with Crippen molar-refractivity contribution in [3.8, 4) is 0 Å². The highest BCUT2D eigenvalue weighted by Gasteiger charge is 2.26. The van der Waals surface area contributed by atoms with Crippen molar-refractivity contribution in [2.45, 2.75) is 38.3 Å². The van der Waals surface area contributed by atoms with Crippen LogP contribution in [-0.4, -0.2) is 27.9 Å². The van der Waals surface area contributed by atoms with Gasteiger partial charge in [0.15, 0.2) is 0 Å². The summed E-state index contributed by atoms with van der Waals surface area (Å²) in [6, 6.07) is 3.77. The minimum absolute atomic E-state index is 0.177. The first-order chi connectivity index (χ1) is 9.16. The Morgan fingerprint density at radius 1 is 1.37 bits per heavy atom. The minimum Gasteiger partial charge on any atom is -0.478 e. The highest BCUT2D eigenvalue weighted by atomic mass is 16.4. The lowest BCUT2D eigenvalue weighted by molar-refractivity contribution is -0.133. The van der Waals surface area contributed by atoms with Crippen molar-refractivity contribution in [2.75, 3.05) is 0 Å². The van der Waals surface area contributed by atoms with Crippen molar-refractivity contribution in [3.63, 3.8) is 0 Å². The third-order valence-electron chi connectivity index (χ3n) is 3.32. The largest absolute Gasteiger partial charge is 0.478 e. The van der Waals surface area contributed by atoms with Crippen LogP contribution in [0.3, 0.4) is 0 Å². The molecule has 1 heterocycles. The first-order valence-corrected chi connectivity index (χ1v) is 6.41. The molecule has 0 spiro atoms. The van der Waals surface area contributed by atoms with Crippen LogP contribution in [0.25, 0.3) is 0 Å². The van der Waals surface area contributed by atoms with Crippen molar-refractivity contribution in [1.29, 1.82) is 0 Å². The average Bonchev–Trinajstić information content (AvgIpc) is 3.05. The molecule has 5 heteroatoms. The van der Waals surface area contributed by atoms with Gasteiger partial charge in [-0.25, -0.2) is 4.79 Å². The number of rotatable bonds is 5. The van der Waals surface area contributed by atoms with Crippen LogP contribution in [0.1, 0.15) is 31.4 Å². The van der Waals surface area contributed by atoms with Crippen LogP contribution in [0.4, 0.5) is 0 Å². The molecule has 0 radical (unpaired) electrons. The molecule has 0 unspecified atom stereocenters. The van der Waals surface area contributed by atoms with Crippen molar-refractivity contribution >= 4 is 11.9 Å². The number of furan rings is 1. The minimum atomic E-state index is -1.11. The van der Waals surface area contributed by atoms with Gasteiger partial charge in [-0.15, -0.1) is 0 Å². The summed E-state index contributed by atoms with van der Waals surface area (Å²) in [5.74, 6) is -0.674.